The van der Waals surface area contributed by atoms with Crippen LogP contribution in [-0.4, -0.2) is 38.7 Å². The molecule has 1 aromatic rings. The molecular formula is C19H31N3O2. The zero-order valence-electron chi connectivity index (χ0n) is 15.0. The maximum Gasteiger partial charge on any atom is 0.305 e. The fourth-order valence-electron chi connectivity index (χ4n) is 2.34. The van der Waals surface area contributed by atoms with Gasteiger partial charge in [-0.25, -0.2) is 0 Å². The molecule has 5 heteroatoms. The van der Waals surface area contributed by atoms with E-state index in [1.54, 1.807) is 0 Å². The lowest BCUT2D eigenvalue weighted by atomic mass is 10.1. The summed E-state index contributed by atoms with van der Waals surface area (Å²) in [5.74, 6) is 0.757. The minimum atomic E-state index is -0.120. The van der Waals surface area contributed by atoms with Gasteiger partial charge in [-0.2, -0.15) is 0 Å². The molecule has 0 unspecified atom stereocenters. The van der Waals surface area contributed by atoms with Crippen molar-refractivity contribution in [3.8, 4) is 0 Å². The normalized spacial score (nSPS) is 11.2. The number of guanidine groups is 1. The SMILES string of the molecule is CCNC(=NCCCCCCC(=O)OC)NCCc1ccccc1. The zero-order valence-corrected chi connectivity index (χ0v) is 15.0. The van der Waals surface area contributed by atoms with Gasteiger partial charge in [-0.15, -0.1) is 0 Å². The number of unbranched alkanes of at least 4 members (excludes halogenated alkanes) is 3. The number of ether oxygens (including phenoxy) is 1. The molecule has 0 aliphatic rings. The van der Waals surface area contributed by atoms with Crippen molar-refractivity contribution >= 4 is 11.9 Å². The first kappa shape index (κ1) is 20.0. The van der Waals surface area contributed by atoms with Gasteiger partial charge in [0.15, 0.2) is 5.96 Å². The van der Waals surface area contributed by atoms with E-state index in [0.717, 1.165) is 57.7 Å². The number of benzene rings is 1. The molecule has 0 saturated carbocycles. The van der Waals surface area contributed by atoms with Crippen molar-refractivity contribution in [3.05, 3.63) is 35.9 Å². The van der Waals surface area contributed by atoms with Crippen molar-refractivity contribution in [3.63, 3.8) is 0 Å². The highest BCUT2D eigenvalue weighted by atomic mass is 16.5. The molecule has 0 heterocycles. The van der Waals surface area contributed by atoms with Crippen LogP contribution in [0.2, 0.25) is 0 Å². The van der Waals surface area contributed by atoms with Gasteiger partial charge in [0.05, 0.1) is 7.11 Å². The van der Waals surface area contributed by atoms with Crippen LogP contribution in [0.3, 0.4) is 0 Å². The third kappa shape index (κ3) is 9.87. The van der Waals surface area contributed by atoms with Gasteiger partial charge in [0.1, 0.15) is 0 Å². The predicted octanol–water partition coefficient (Wildman–Crippen LogP) is 2.91. The maximum absolute atomic E-state index is 11.0. The number of methoxy groups -OCH3 is 1. The monoisotopic (exact) mass is 333 g/mol. The molecule has 0 aliphatic carbocycles. The minimum Gasteiger partial charge on any atom is -0.469 e. The number of nitrogens with one attached hydrogen (secondary N) is 2. The standard InChI is InChI=1S/C19H31N3O2/c1-3-20-19(22-16-14-17-11-7-6-8-12-17)21-15-10-5-4-9-13-18(23)24-2/h6-8,11-12H,3-5,9-10,13-16H2,1-2H3,(H2,20,21,22). The third-order valence-electron chi connectivity index (χ3n) is 3.68. The second-order valence-corrected chi connectivity index (χ2v) is 5.66. The lowest BCUT2D eigenvalue weighted by Crippen LogP contribution is -2.38. The van der Waals surface area contributed by atoms with Gasteiger partial charge in [-0.05, 0) is 31.7 Å². The summed E-state index contributed by atoms with van der Waals surface area (Å²) in [5, 5.41) is 6.64. The average Bonchev–Trinajstić information content (AvgIpc) is 2.61. The van der Waals surface area contributed by atoms with Crippen LogP contribution in [0.5, 0.6) is 0 Å². The lowest BCUT2D eigenvalue weighted by Gasteiger charge is -2.11. The summed E-state index contributed by atoms with van der Waals surface area (Å²) in [6.45, 7) is 4.60. The molecule has 0 atom stereocenters. The van der Waals surface area contributed by atoms with Gasteiger partial charge in [0.25, 0.3) is 0 Å². The molecule has 0 radical (unpaired) electrons. The average molecular weight is 333 g/mol. The third-order valence-corrected chi connectivity index (χ3v) is 3.68. The molecule has 5 nitrogen and oxygen atoms in total. The number of hydrogen-bond donors (Lipinski definition) is 2. The smallest absolute Gasteiger partial charge is 0.305 e. The summed E-state index contributed by atoms with van der Waals surface area (Å²) in [4.78, 5) is 15.6. The number of rotatable bonds is 11. The fourth-order valence-corrected chi connectivity index (χ4v) is 2.34. The Labute approximate surface area is 145 Å². The quantitative estimate of drug-likeness (QED) is 0.283. The summed E-state index contributed by atoms with van der Waals surface area (Å²) in [7, 11) is 1.43. The first-order valence-electron chi connectivity index (χ1n) is 8.89. The van der Waals surface area contributed by atoms with Gasteiger partial charge < -0.3 is 15.4 Å². The summed E-state index contributed by atoms with van der Waals surface area (Å²) >= 11 is 0. The topological polar surface area (TPSA) is 62.7 Å². The number of carbonyl (C=O) groups is 1. The first-order valence-corrected chi connectivity index (χ1v) is 8.89. The van der Waals surface area contributed by atoms with Crippen molar-refractivity contribution in [1.29, 1.82) is 0 Å². The second kappa shape index (κ2) is 13.4. The molecule has 0 aromatic heterocycles. The molecule has 1 aromatic carbocycles. The molecule has 134 valence electrons. The summed E-state index contributed by atoms with van der Waals surface area (Å²) in [6, 6.07) is 10.4. The van der Waals surface area contributed by atoms with Crippen LogP contribution in [0.15, 0.2) is 35.3 Å². The highest BCUT2D eigenvalue weighted by Crippen LogP contribution is 2.04. The van der Waals surface area contributed by atoms with Gasteiger partial charge in [-0.3, -0.25) is 9.79 Å². The Bertz CT molecular complexity index is 475. The van der Waals surface area contributed by atoms with Crippen molar-refractivity contribution < 1.29 is 9.53 Å². The van der Waals surface area contributed by atoms with E-state index in [2.05, 4.69) is 51.6 Å². The maximum atomic E-state index is 11.0. The molecule has 0 amide bonds. The Kier molecular flexibility index (Phi) is 11.2. The molecule has 0 spiro atoms. The molecule has 0 fully saturated rings. The van der Waals surface area contributed by atoms with E-state index < -0.39 is 0 Å². The molecule has 24 heavy (non-hydrogen) atoms. The minimum absolute atomic E-state index is 0.120. The Balaban J connectivity index is 2.16. The predicted molar refractivity (Wildman–Crippen MR) is 99.2 cm³/mol. The lowest BCUT2D eigenvalue weighted by molar-refractivity contribution is -0.140. The number of hydrogen-bond acceptors (Lipinski definition) is 3. The van der Waals surface area contributed by atoms with E-state index >= 15 is 0 Å². The highest BCUT2D eigenvalue weighted by molar-refractivity contribution is 5.79. The summed E-state index contributed by atoms with van der Waals surface area (Å²) in [5.41, 5.74) is 1.33. The van der Waals surface area contributed by atoms with Crippen molar-refractivity contribution in [2.24, 2.45) is 4.99 Å². The molecule has 0 aliphatic heterocycles. The van der Waals surface area contributed by atoms with E-state index in [0.29, 0.717) is 6.42 Å². The summed E-state index contributed by atoms with van der Waals surface area (Å²) < 4.78 is 4.63. The van der Waals surface area contributed by atoms with Crippen molar-refractivity contribution in [1.82, 2.24) is 10.6 Å². The molecule has 2 N–H and O–H groups in total. The fraction of sp³-hybridized carbons (Fsp3) is 0.579. The molecule has 0 saturated heterocycles. The van der Waals surface area contributed by atoms with Gasteiger partial charge in [0.2, 0.25) is 0 Å². The number of esters is 1. The number of carbonyl (C=O) groups excluding carboxylic acids is 1. The van der Waals surface area contributed by atoms with Gasteiger partial charge in [0, 0.05) is 26.1 Å². The van der Waals surface area contributed by atoms with Crippen LogP contribution in [-0.2, 0) is 16.0 Å². The largest absolute Gasteiger partial charge is 0.469 e. The van der Waals surface area contributed by atoms with Crippen LogP contribution < -0.4 is 10.6 Å². The molecule has 0 bridgehead atoms. The molecular weight excluding hydrogens is 302 g/mol. The second-order valence-electron chi connectivity index (χ2n) is 5.66. The van der Waals surface area contributed by atoms with Gasteiger partial charge in [-0.1, -0.05) is 43.2 Å². The van der Waals surface area contributed by atoms with Crippen LogP contribution in [0.25, 0.3) is 0 Å². The van der Waals surface area contributed by atoms with Gasteiger partial charge >= 0.3 is 5.97 Å². The molecule has 1 rings (SSSR count). The van der Waals surface area contributed by atoms with E-state index in [4.69, 9.17) is 0 Å². The van der Waals surface area contributed by atoms with Crippen LogP contribution in [0.1, 0.15) is 44.6 Å². The first-order chi connectivity index (χ1) is 11.8. The Hall–Kier alpha value is -2.04. The number of nitrogens with zero attached hydrogens (tertiary/aromatic N) is 1. The van der Waals surface area contributed by atoms with E-state index in [1.807, 2.05) is 6.07 Å². The van der Waals surface area contributed by atoms with E-state index in [9.17, 15) is 4.79 Å². The summed E-state index contributed by atoms with van der Waals surface area (Å²) in [6.07, 6.45) is 5.57. The van der Waals surface area contributed by atoms with Crippen molar-refractivity contribution in [2.45, 2.75) is 45.4 Å². The van der Waals surface area contributed by atoms with Crippen molar-refractivity contribution in [2.75, 3.05) is 26.7 Å². The Morgan fingerprint density at radius 3 is 2.54 bits per heavy atom. The highest BCUT2D eigenvalue weighted by Gasteiger charge is 2.00. The number of aliphatic imine (C=N–C) groups is 1. The van der Waals surface area contributed by atoms with Crippen LogP contribution in [0, 0.1) is 0 Å². The Morgan fingerprint density at radius 1 is 1.08 bits per heavy atom. The van der Waals surface area contributed by atoms with Crippen LogP contribution >= 0.6 is 0 Å². The van der Waals surface area contributed by atoms with E-state index in [1.165, 1.54) is 12.7 Å². The van der Waals surface area contributed by atoms with Crippen LogP contribution in [0.4, 0.5) is 0 Å². The zero-order chi connectivity index (χ0) is 17.5. The van der Waals surface area contributed by atoms with E-state index in [-0.39, 0.29) is 5.97 Å². The Morgan fingerprint density at radius 2 is 1.83 bits per heavy atom.